The summed E-state index contributed by atoms with van der Waals surface area (Å²) in [5.74, 6) is -0.00192. The van der Waals surface area contributed by atoms with Crippen molar-refractivity contribution in [3.05, 3.63) is 82.7 Å². The normalized spacial score (nSPS) is 10.7. The Balaban J connectivity index is 1.61. The maximum absolute atomic E-state index is 12.4. The van der Waals surface area contributed by atoms with Crippen molar-refractivity contribution in [1.29, 1.82) is 0 Å². The summed E-state index contributed by atoms with van der Waals surface area (Å²) in [4.78, 5) is 21.7. The van der Waals surface area contributed by atoms with E-state index in [1.54, 1.807) is 23.0 Å². The fourth-order valence-electron chi connectivity index (χ4n) is 2.42. The van der Waals surface area contributed by atoms with Crippen molar-refractivity contribution in [3.8, 4) is 16.4 Å². The minimum Gasteiger partial charge on any atom is -0.455 e. The number of carbonyl (C=O) groups is 1. The number of hydrogen-bond acceptors (Lipinski definition) is 6. The van der Waals surface area contributed by atoms with E-state index < -0.39 is 5.97 Å². The molecule has 0 radical (unpaired) electrons. The summed E-state index contributed by atoms with van der Waals surface area (Å²) in [6.45, 7) is 0.0667. The van der Waals surface area contributed by atoms with E-state index in [0.717, 1.165) is 16.1 Å². The van der Waals surface area contributed by atoms with E-state index in [4.69, 9.17) is 16.3 Å². The topological polar surface area (TPSA) is 69.9 Å². The first-order valence-electron chi connectivity index (χ1n) is 8.04. The number of hydrogen-bond donors (Lipinski definition) is 0. The Morgan fingerprint density at radius 2 is 1.96 bits per heavy atom. The molecule has 0 aliphatic heterocycles. The van der Waals surface area contributed by atoms with E-state index in [-0.39, 0.29) is 12.4 Å². The molecule has 0 aliphatic rings. The highest BCUT2D eigenvalue weighted by Crippen LogP contribution is 2.25. The number of benzene rings is 1. The number of thiophene rings is 1. The molecule has 4 rings (SSSR count). The quantitative estimate of drug-likeness (QED) is 0.369. The molecule has 0 saturated carbocycles. The highest BCUT2D eigenvalue weighted by molar-refractivity contribution is 7.13. The second kappa shape index (κ2) is 7.69. The molecule has 0 unspecified atom stereocenters. The molecule has 1 aromatic carbocycles. The van der Waals surface area contributed by atoms with E-state index in [1.165, 1.54) is 11.3 Å². The average molecular weight is 397 g/mol. The first-order valence-corrected chi connectivity index (χ1v) is 9.30. The van der Waals surface area contributed by atoms with Crippen LogP contribution in [-0.4, -0.2) is 25.7 Å². The highest BCUT2D eigenvalue weighted by Gasteiger charge is 2.20. The Labute approximate surface area is 164 Å². The number of nitrogens with zero attached hydrogens (tertiary/aromatic N) is 4. The molecule has 0 N–H and O–H groups in total. The molecule has 0 atom stereocenters. The maximum Gasteiger partial charge on any atom is 0.378 e. The fraction of sp³-hybridized carbons (Fsp3) is 0.0526. The number of halogens is 1. The molecular formula is C19H13ClN4O2S. The lowest BCUT2D eigenvalue weighted by molar-refractivity contribution is 0.0458. The molecule has 134 valence electrons. The molecule has 4 aromatic rings. The molecule has 3 aromatic heterocycles. The third-order valence-electron chi connectivity index (χ3n) is 3.69. The van der Waals surface area contributed by atoms with Crippen LogP contribution in [0.1, 0.15) is 16.2 Å². The molecule has 3 heterocycles. The Kier molecular flexibility index (Phi) is 4.95. The van der Waals surface area contributed by atoms with Gasteiger partial charge in [0, 0.05) is 11.8 Å². The number of esters is 1. The molecule has 0 bridgehead atoms. The van der Waals surface area contributed by atoms with Crippen LogP contribution in [0.3, 0.4) is 0 Å². The van der Waals surface area contributed by atoms with Gasteiger partial charge in [-0.1, -0.05) is 41.9 Å². The second-order valence-corrected chi connectivity index (χ2v) is 6.88. The minimum absolute atomic E-state index is 0.00387. The van der Waals surface area contributed by atoms with Crippen LogP contribution >= 0.6 is 22.9 Å². The largest absolute Gasteiger partial charge is 0.455 e. The minimum atomic E-state index is -0.600. The van der Waals surface area contributed by atoms with Crippen molar-refractivity contribution >= 4 is 28.9 Å². The van der Waals surface area contributed by atoms with Gasteiger partial charge in [0.25, 0.3) is 5.82 Å². The van der Waals surface area contributed by atoms with Crippen LogP contribution < -0.4 is 0 Å². The summed E-state index contributed by atoms with van der Waals surface area (Å²) in [6, 6.07) is 16.8. The summed E-state index contributed by atoms with van der Waals surface area (Å²) >= 11 is 7.28. The van der Waals surface area contributed by atoms with Gasteiger partial charge in [-0.25, -0.2) is 14.5 Å². The molecule has 6 nitrogen and oxygen atoms in total. The lowest BCUT2D eigenvalue weighted by atomic mass is 10.3. The molecule has 0 aliphatic carbocycles. The molecular weight excluding hydrogens is 384 g/mol. The zero-order valence-electron chi connectivity index (χ0n) is 13.9. The second-order valence-electron chi connectivity index (χ2n) is 5.55. The Morgan fingerprint density at radius 1 is 1.11 bits per heavy atom. The number of pyridine rings is 1. The molecule has 8 heteroatoms. The van der Waals surface area contributed by atoms with Gasteiger partial charge in [0.15, 0.2) is 5.82 Å². The predicted octanol–water partition coefficient (Wildman–Crippen LogP) is 4.40. The van der Waals surface area contributed by atoms with Gasteiger partial charge < -0.3 is 4.74 Å². The summed E-state index contributed by atoms with van der Waals surface area (Å²) in [5.41, 5.74) is 1.54. The van der Waals surface area contributed by atoms with Crippen molar-refractivity contribution in [3.63, 3.8) is 0 Å². The monoisotopic (exact) mass is 396 g/mol. The van der Waals surface area contributed by atoms with Crippen LogP contribution in [0.15, 0.2) is 66.2 Å². The van der Waals surface area contributed by atoms with Crippen LogP contribution in [0, 0.1) is 0 Å². The number of rotatable bonds is 5. The van der Waals surface area contributed by atoms with Gasteiger partial charge in [-0.3, -0.25) is 0 Å². The molecule has 0 fully saturated rings. The van der Waals surface area contributed by atoms with Gasteiger partial charge in [0.1, 0.15) is 11.8 Å². The SMILES string of the molecule is O=C(OCc1ccc(Cl)nc1)c1nc(-c2cccs2)n(-c2ccccc2)n1. The van der Waals surface area contributed by atoms with Crippen molar-refractivity contribution in [2.45, 2.75) is 6.61 Å². The molecule has 0 saturated heterocycles. The van der Waals surface area contributed by atoms with Gasteiger partial charge in [-0.15, -0.1) is 16.4 Å². The van der Waals surface area contributed by atoms with Crippen molar-refractivity contribution in [2.75, 3.05) is 0 Å². The van der Waals surface area contributed by atoms with Gasteiger partial charge in [-0.05, 0) is 29.6 Å². The highest BCUT2D eigenvalue weighted by atomic mass is 35.5. The van der Waals surface area contributed by atoms with Gasteiger partial charge >= 0.3 is 5.97 Å². The smallest absolute Gasteiger partial charge is 0.378 e. The number of para-hydroxylation sites is 1. The molecule has 0 spiro atoms. The lowest BCUT2D eigenvalue weighted by Gasteiger charge is -2.03. The Bertz CT molecular complexity index is 1050. The summed E-state index contributed by atoms with van der Waals surface area (Å²) in [7, 11) is 0. The first kappa shape index (κ1) is 17.4. The third-order valence-corrected chi connectivity index (χ3v) is 4.78. The summed E-state index contributed by atoms with van der Waals surface area (Å²) < 4.78 is 6.96. The maximum atomic E-state index is 12.4. The standard InChI is InChI=1S/C19H13ClN4O2S/c20-16-9-8-13(11-21-16)12-26-19(25)17-22-18(15-7-4-10-27-15)24(23-17)14-5-2-1-3-6-14/h1-11H,12H2. The van der Waals surface area contributed by atoms with E-state index >= 15 is 0 Å². The Hall–Kier alpha value is -3.03. The third kappa shape index (κ3) is 3.89. The van der Waals surface area contributed by atoms with Crippen molar-refractivity contribution < 1.29 is 9.53 Å². The number of carbonyl (C=O) groups excluding carboxylic acids is 1. The van der Waals surface area contributed by atoms with E-state index in [0.29, 0.717) is 11.0 Å². The van der Waals surface area contributed by atoms with E-state index in [2.05, 4.69) is 15.1 Å². The number of aromatic nitrogens is 4. The summed E-state index contributed by atoms with van der Waals surface area (Å²) in [6.07, 6.45) is 1.56. The van der Waals surface area contributed by atoms with Crippen LogP contribution in [0.4, 0.5) is 0 Å². The zero-order valence-corrected chi connectivity index (χ0v) is 15.5. The number of ether oxygens (including phenoxy) is 1. The lowest BCUT2D eigenvalue weighted by Crippen LogP contribution is -2.08. The average Bonchev–Trinajstić information content (AvgIpc) is 3.37. The fourth-order valence-corrected chi connectivity index (χ4v) is 3.23. The van der Waals surface area contributed by atoms with E-state index in [9.17, 15) is 4.79 Å². The Morgan fingerprint density at radius 3 is 2.67 bits per heavy atom. The predicted molar refractivity (Wildman–Crippen MR) is 103 cm³/mol. The van der Waals surface area contributed by atoms with E-state index in [1.807, 2.05) is 47.8 Å². The van der Waals surface area contributed by atoms with Crippen LogP contribution in [0.2, 0.25) is 5.15 Å². The van der Waals surface area contributed by atoms with Crippen LogP contribution in [0.25, 0.3) is 16.4 Å². The molecule has 0 amide bonds. The van der Waals surface area contributed by atoms with Gasteiger partial charge in [-0.2, -0.15) is 4.98 Å². The first-order chi connectivity index (χ1) is 13.2. The van der Waals surface area contributed by atoms with Crippen LogP contribution in [-0.2, 0) is 11.3 Å². The van der Waals surface area contributed by atoms with Gasteiger partial charge in [0.2, 0.25) is 0 Å². The zero-order chi connectivity index (χ0) is 18.6. The summed E-state index contributed by atoms with van der Waals surface area (Å²) in [5, 5.41) is 6.70. The van der Waals surface area contributed by atoms with Gasteiger partial charge in [0.05, 0.1) is 10.6 Å². The molecule has 27 heavy (non-hydrogen) atoms. The van der Waals surface area contributed by atoms with Crippen molar-refractivity contribution in [1.82, 2.24) is 19.7 Å². The van der Waals surface area contributed by atoms with Crippen molar-refractivity contribution in [2.24, 2.45) is 0 Å². The van der Waals surface area contributed by atoms with Crippen LogP contribution in [0.5, 0.6) is 0 Å².